The van der Waals surface area contributed by atoms with Gasteiger partial charge >= 0.3 is 5.97 Å². The molecule has 1 aromatic rings. The van der Waals surface area contributed by atoms with Crippen molar-refractivity contribution in [1.29, 1.82) is 0 Å². The fourth-order valence-corrected chi connectivity index (χ4v) is 4.83. The fourth-order valence-electron chi connectivity index (χ4n) is 3.27. The number of hydrogen-bond donors (Lipinski definition) is 0. The standard InChI is InChI=1S/C16H19NO4S/c1-11-4-6-14(7-5-11)22(19,20)17-9-13-8-16(13,10-17)12(2)15(18)21-3/h4-7,13H,2,8-10H2,1,3H3. The highest BCUT2D eigenvalue weighted by molar-refractivity contribution is 7.89. The Morgan fingerprint density at radius 3 is 2.59 bits per heavy atom. The Bertz CT molecular complexity index is 738. The van der Waals surface area contributed by atoms with Gasteiger partial charge in [0.2, 0.25) is 10.0 Å². The molecule has 1 aliphatic heterocycles. The summed E-state index contributed by atoms with van der Waals surface area (Å²) in [7, 11) is -2.21. The zero-order valence-electron chi connectivity index (χ0n) is 12.7. The molecule has 1 aromatic carbocycles. The number of benzene rings is 1. The first-order chi connectivity index (χ1) is 10.3. The van der Waals surface area contributed by atoms with E-state index in [-0.39, 0.29) is 5.92 Å². The number of piperidine rings is 1. The van der Waals surface area contributed by atoms with E-state index in [9.17, 15) is 13.2 Å². The van der Waals surface area contributed by atoms with Crippen LogP contribution >= 0.6 is 0 Å². The van der Waals surface area contributed by atoms with E-state index in [4.69, 9.17) is 4.74 Å². The Kier molecular flexibility index (Phi) is 3.41. The van der Waals surface area contributed by atoms with Gasteiger partial charge in [-0.3, -0.25) is 0 Å². The molecule has 0 radical (unpaired) electrons. The summed E-state index contributed by atoms with van der Waals surface area (Å²) in [6.07, 6.45) is 0.806. The van der Waals surface area contributed by atoms with E-state index < -0.39 is 21.4 Å². The molecule has 2 unspecified atom stereocenters. The highest BCUT2D eigenvalue weighted by Gasteiger charge is 2.64. The second-order valence-electron chi connectivity index (χ2n) is 6.14. The Morgan fingerprint density at radius 2 is 2.00 bits per heavy atom. The van der Waals surface area contributed by atoms with Gasteiger partial charge in [0.15, 0.2) is 0 Å². The Balaban J connectivity index is 1.83. The van der Waals surface area contributed by atoms with Gasteiger partial charge in [-0.1, -0.05) is 24.3 Å². The van der Waals surface area contributed by atoms with Gasteiger partial charge in [0.05, 0.1) is 12.0 Å². The molecule has 5 nitrogen and oxygen atoms in total. The van der Waals surface area contributed by atoms with E-state index in [1.165, 1.54) is 11.4 Å². The van der Waals surface area contributed by atoms with Crippen LogP contribution in [0.3, 0.4) is 0 Å². The number of esters is 1. The lowest BCUT2D eigenvalue weighted by Crippen LogP contribution is -2.33. The number of carbonyl (C=O) groups excluding carboxylic acids is 1. The number of rotatable bonds is 4. The maximum atomic E-state index is 12.7. The first-order valence-electron chi connectivity index (χ1n) is 7.16. The molecule has 0 bridgehead atoms. The molecule has 2 aliphatic rings. The number of ether oxygens (including phenoxy) is 1. The maximum Gasteiger partial charge on any atom is 0.333 e. The van der Waals surface area contributed by atoms with Gasteiger partial charge in [-0.2, -0.15) is 4.31 Å². The predicted molar refractivity (Wildman–Crippen MR) is 81.6 cm³/mol. The largest absolute Gasteiger partial charge is 0.466 e. The van der Waals surface area contributed by atoms with Gasteiger partial charge in [-0.15, -0.1) is 0 Å². The topological polar surface area (TPSA) is 63.7 Å². The van der Waals surface area contributed by atoms with Crippen LogP contribution in [0.1, 0.15) is 12.0 Å². The van der Waals surface area contributed by atoms with Gasteiger partial charge in [0.25, 0.3) is 0 Å². The molecule has 0 N–H and O–H groups in total. The van der Waals surface area contributed by atoms with Crippen LogP contribution in [0.15, 0.2) is 41.3 Å². The summed E-state index contributed by atoms with van der Waals surface area (Å²) >= 11 is 0. The number of carbonyl (C=O) groups is 1. The third-order valence-electron chi connectivity index (χ3n) is 4.81. The molecule has 2 fully saturated rings. The average molecular weight is 321 g/mol. The van der Waals surface area contributed by atoms with Crippen molar-refractivity contribution < 1.29 is 17.9 Å². The van der Waals surface area contributed by atoms with Crippen molar-refractivity contribution in [2.45, 2.75) is 18.2 Å². The monoisotopic (exact) mass is 321 g/mol. The Morgan fingerprint density at radius 1 is 1.36 bits per heavy atom. The van der Waals surface area contributed by atoms with Gasteiger partial charge < -0.3 is 4.74 Å². The van der Waals surface area contributed by atoms with Crippen LogP contribution in [0, 0.1) is 18.3 Å². The molecule has 1 heterocycles. The summed E-state index contributed by atoms with van der Waals surface area (Å²) < 4.78 is 31.6. The summed E-state index contributed by atoms with van der Waals surface area (Å²) in [5.41, 5.74) is 0.977. The van der Waals surface area contributed by atoms with Crippen LogP contribution < -0.4 is 0 Å². The number of methoxy groups -OCH3 is 1. The van der Waals surface area contributed by atoms with E-state index >= 15 is 0 Å². The van der Waals surface area contributed by atoms with Gasteiger partial charge in [-0.05, 0) is 31.4 Å². The average Bonchev–Trinajstić information content (AvgIpc) is 3.07. The molecule has 1 aliphatic carbocycles. The number of aryl methyl sites for hydroxylation is 1. The number of hydrogen-bond acceptors (Lipinski definition) is 4. The molecule has 118 valence electrons. The minimum Gasteiger partial charge on any atom is -0.466 e. The number of fused-ring (bicyclic) bond motifs is 1. The molecule has 1 saturated carbocycles. The SMILES string of the molecule is C=C(C(=O)OC)C12CC1CN(S(=O)(=O)c1ccc(C)cc1)C2. The normalized spacial score (nSPS) is 27.3. The molecular formula is C16H19NO4S. The Labute approximate surface area is 130 Å². The molecule has 22 heavy (non-hydrogen) atoms. The Hall–Kier alpha value is -1.66. The summed E-state index contributed by atoms with van der Waals surface area (Å²) in [6.45, 7) is 6.48. The van der Waals surface area contributed by atoms with Crippen LogP contribution in [0.5, 0.6) is 0 Å². The maximum absolute atomic E-state index is 12.7. The first-order valence-corrected chi connectivity index (χ1v) is 8.60. The third-order valence-corrected chi connectivity index (χ3v) is 6.63. The van der Waals surface area contributed by atoms with Gasteiger partial charge in [0, 0.05) is 24.1 Å². The van der Waals surface area contributed by atoms with E-state index in [0.29, 0.717) is 23.6 Å². The van der Waals surface area contributed by atoms with Crippen molar-refractivity contribution in [2.24, 2.45) is 11.3 Å². The lowest BCUT2D eigenvalue weighted by Gasteiger charge is -2.21. The molecule has 0 amide bonds. The lowest BCUT2D eigenvalue weighted by molar-refractivity contribution is -0.136. The molecule has 2 atom stereocenters. The van der Waals surface area contributed by atoms with Gasteiger partial charge in [0.1, 0.15) is 0 Å². The smallest absolute Gasteiger partial charge is 0.333 e. The quantitative estimate of drug-likeness (QED) is 0.626. The summed E-state index contributed by atoms with van der Waals surface area (Å²) in [6, 6.07) is 6.81. The third kappa shape index (κ3) is 2.18. The van der Waals surface area contributed by atoms with E-state index in [2.05, 4.69) is 6.58 Å². The van der Waals surface area contributed by atoms with E-state index in [0.717, 1.165) is 12.0 Å². The van der Waals surface area contributed by atoms with Crippen molar-refractivity contribution in [3.8, 4) is 0 Å². The number of sulfonamides is 1. The fraction of sp³-hybridized carbons (Fsp3) is 0.438. The zero-order valence-corrected chi connectivity index (χ0v) is 13.5. The second-order valence-corrected chi connectivity index (χ2v) is 8.08. The molecule has 6 heteroatoms. The van der Waals surface area contributed by atoms with E-state index in [1.807, 2.05) is 6.92 Å². The minimum atomic E-state index is -3.52. The molecule has 0 aromatic heterocycles. The van der Waals surface area contributed by atoms with Crippen LogP contribution in [-0.4, -0.2) is 38.9 Å². The number of nitrogens with zero attached hydrogens (tertiary/aromatic N) is 1. The molecule has 1 saturated heterocycles. The summed E-state index contributed by atoms with van der Waals surface area (Å²) in [4.78, 5) is 12.0. The summed E-state index contributed by atoms with van der Waals surface area (Å²) in [5, 5.41) is 0. The van der Waals surface area contributed by atoms with Crippen molar-refractivity contribution in [2.75, 3.05) is 20.2 Å². The van der Waals surface area contributed by atoms with Crippen LogP contribution in [0.4, 0.5) is 0 Å². The second kappa shape index (κ2) is 4.93. The first kappa shape index (κ1) is 15.2. The van der Waals surface area contributed by atoms with Crippen molar-refractivity contribution in [1.82, 2.24) is 4.31 Å². The van der Waals surface area contributed by atoms with Crippen LogP contribution in [0.2, 0.25) is 0 Å². The highest BCUT2D eigenvalue weighted by Crippen LogP contribution is 2.62. The molecular weight excluding hydrogens is 302 g/mol. The van der Waals surface area contributed by atoms with Crippen LogP contribution in [-0.2, 0) is 19.6 Å². The van der Waals surface area contributed by atoms with Crippen LogP contribution in [0.25, 0.3) is 0 Å². The highest BCUT2D eigenvalue weighted by atomic mass is 32.2. The predicted octanol–water partition coefficient (Wildman–Crippen LogP) is 1.73. The summed E-state index contributed by atoms with van der Waals surface area (Å²) in [5.74, 6) is -0.281. The van der Waals surface area contributed by atoms with Crippen molar-refractivity contribution in [3.63, 3.8) is 0 Å². The van der Waals surface area contributed by atoms with Crippen molar-refractivity contribution >= 4 is 16.0 Å². The molecule has 0 spiro atoms. The minimum absolute atomic E-state index is 0.166. The molecule has 3 rings (SSSR count). The van der Waals surface area contributed by atoms with Gasteiger partial charge in [-0.25, -0.2) is 13.2 Å². The lowest BCUT2D eigenvalue weighted by atomic mass is 9.96. The van der Waals surface area contributed by atoms with Crippen molar-refractivity contribution in [3.05, 3.63) is 42.0 Å². The zero-order chi connectivity index (χ0) is 16.1. The van der Waals surface area contributed by atoms with E-state index in [1.54, 1.807) is 24.3 Å².